The number of rotatable bonds is 6. The van der Waals surface area contributed by atoms with Gasteiger partial charge in [0.2, 0.25) is 0 Å². The van der Waals surface area contributed by atoms with Crippen molar-refractivity contribution in [3.8, 4) is 0 Å². The van der Waals surface area contributed by atoms with Crippen molar-refractivity contribution in [3.63, 3.8) is 0 Å². The Morgan fingerprint density at radius 1 is 1.24 bits per heavy atom. The van der Waals surface area contributed by atoms with Gasteiger partial charge >= 0.3 is 0 Å². The molecule has 3 aromatic rings. The van der Waals surface area contributed by atoms with Gasteiger partial charge in [-0.1, -0.05) is 29.0 Å². The van der Waals surface area contributed by atoms with Crippen LogP contribution in [-0.4, -0.2) is 43.0 Å². The first-order valence-electron chi connectivity index (χ1n) is 7.61. The lowest BCUT2D eigenvalue weighted by molar-refractivity contribution is 0.0990. The topological polar surface area (TPSA) is 36.4 Å². The minimum Gasteiger partial charge on any atom is -0.309 e. The predicted molar refractivity (Wildman–Crippen MR) is 111 cm³/mol. The Morgan fingerprint density at radius 2 is 2.04 bits per heavy atom. The number of halogens is 2. The van der Waals surface area contributed by atoms with Gasteiger partial charge in [0, 0.05) is 11.6 Å². The standard InChI is InChI=1S/C17H18ClN3OS2.ClH/c1-20(2)8-4-9-21(16(22)14-5-3-10-23-14)17-19-13-7-6-12(18)11-15(13)24-17;/h3,5-7,10-11H,4,8-9H2,1-2H3;1H. The maximum atomic E-state index is 12.9. The van der Waals surface area contributed by atoms with Crippen molar-refractivity contribution in [2.24, 2.45) is 0 Å². The average molecular weight is 416 g/mol. The summed E-state index contributed by atoms with van der Waals surface area (Å²) < 4.78 is 0.995. The summed E-state index contributed by atoms with van der Waals surface area (Å²) >= 11 is 9.03. The summed E-state index contributed by atoms with van der Waals surface area (Å²) in [4.78, 5) is 22.2. The zero-order chi connectivity index (χ0) is 17.1. The molecule has 0 aliphatic carbocycles. The van der Waals surface area contributed by atoms with Crippen LogP contribution in [0.5, 0.6) is 0 Å². The zero-order valence-corrected chi connectivity index (χ0v) is 17.1. The van der Waals surface area contributed by atoms with Crippen LogP contribution in [0, 0.1) is 0 Å². The van der Waals surface area contributed by atoms with E-state index in [9.17, 15) is 4.79 Å². The summed E-state index contributed by atoms with van der Waals surface area (Å²) in [7, 11) is 4.07. The number of nitrogens with zero attached hydrogens (tertiary/aromatic N) is 3. The highest BCUT2D eigenvalue weighted by Crippen LogP contribution is 2.32. The molecule has 4 nitrogen and oxygen atoms in total. The molecular formula is C17H19Cl2N3OS2. The van der Waals surface area contributed by atoms with E-state index < -0.39 is 0 Å². The summed E-state index contributed by atoms with van der Waals surface area (Å²) in [5, 5.41) is 3.33. The zero-order valence-electron chi connectivity index (χ0n) is 13.9. The summed E-state index contributed by atoms with van der Waals surface area (Å²) in [6.07, 6.45) is 0.890. The minimum atomic E-state index is 0. The van der Waals surface area contributed by atoms with Gasteiger partial charge in [0.15, 0.2) is 5.13 Å². The van der Waals surface area contributed by atoms with E-state index in [-0.39, 0.29) is 18.3 Å². The number of aromatic nitrogens is 1. The molecule has 0 aliphatic heterocycles. The molecule has 0 unspecified atom stereocenters. The van der Waals surface area contributed by atoms with E-state index >= 15 is 0 Å². The van der Waals surface area contributed by atoms with Gasteiger partial charge in [-0.3, -0.25) is 9.69 Å². The molecule has 0 radical (unpaired) electrons. The van der Waals surface area contributed by atoms with Crippen LogP contribution in [0.2, 0.25) is 5.02 Å². The lowest BCUT2D eigenvalue weighted by Crippen LogP contribution is -2.32. The quantitative estimate of drug-likeness (QED) is 0.566. The third-order valence-corrected chi connectivity index (χ3v) is 5.67. The first-order valence-corrected chi connectivity index (χ1v) is 9.68. The lowest BCUT2D eigenvalue weighted by atomic mass is 10.3. The van der Waals surface area contributed by atoms with Crippen LogP contribution >= 0.6 is 46.7 Å². The average Bonchev–Trinajstić information content (AvgIpc) is 3.19. The number of thiazole rings is 1. The van der Waals surface area contributed by atoms with E-state index in [1.165, 1.54) is 22.7 Å². The summed E-state index contributed by atoms with van der Waals surface area (Å²) in [6.45, 7) is 1.56. The number of carbonyl (C=O) groups excluding carboxylic acids is 1. The minimum absolute atomic E-state index is 0. The second kappa shape index (κ2) is 8.96. The SMILES string of the molecule is CN(C)CCCN(C(=O)c1cccs1)c1nc2ccc(Cl)cc2s1.Cl. The lowest BCUT2D eigenvalue weighted by Gasteiger charge is -2.20. The monoisotopic (exact) mass is 415 g/mol. The van der Waals surface area contributed by atoms with Gasteiger partial charge in [0.25, 0.3) is 5.91 Å². The Kier molecular flexibility index (Phi) is 7.22. The molecule has 3 rings (SSSR count). The van der Waals surface area contributed by atoms with Crippen LogP contribution in [0.1, 0.15) is 16.1 Å². The van der Waals surface area contributed by atoms with Crippen LogP contribution in [0.15, 0.2) is 35.7 Å². The van der Waals surface area contributed by atoms with E-state index in [1.807, 2.05) is 49.8 Å². The number of thiophene rings is 1. The van der Waals surface area contributed by atoms with E-state index in [2.05, 4.69) is 9.88 Å². The number of anilines is 1. The normalized spacial score (nSPS) is 10.9. The first-order chi connectivity index (χ1) is 11.5. The fraction of sp³-hybridized carbons (Fsp3) is 0.294. The van der Waals surface area contributed by atoms with Gasteiger partial charge in [-0.25, -0.2) is 4.98 Å². The fourth-order valence-corrected chi connectivity index (χ4v) is 4.30. The van der Waals surface area contributed by atoms with Crippen LogP contribution in [0.25, 0.3) is 10.2 Å². The number of benzene rings is 1. The third-order valence-electron chi connectivity index (χ3n) is 3.53. The molecule has 0 aliphatic rings. The largest absolute Gasteiger partial charge is 0.309 e. The van der Waals surface area contributed by atoms with Gasteiger partial charge < -0.3 is 4.90 Å². The van der Waals surface area contributed by atoms with Crippen molar-refractivity contribution in [1.82, 2.24) is 9.88 Å². The molecule has 1 amide bonds. The van der Waals surface area contributed by atoms with E-state index in [0.717, 1.165) is 33.2 Å². The summed E-state index contributed by atoms with van der Waals surface area (Å²) in [6, 6.07) is 9.37. The van der Waals surface area contributed by atoms with Crippen molar-refractivity contribution in [1.29, 1.82) is 0 Å². The first kappa shape index (κ1) is 20.1. The molecule has 2 aromatic heterocycles. The van der Waals surface area contributed by atoms with E-state index in [0.29, 0.717) is 11.6 Å². The molecule has 0 fully saturated rings. The third kappa shape index (κ3) is 4.92. The predicted octanol–water partition coefficient (Wildman–Crippen LogP) is 5.03. The number of hydrogen-bond donors (Lipinski definition) is 0. The number of carbonyl (C=O) groups is 1. The van der Waals surface area contributed by atoms with Crippen molar-refractivity contribution < 1.29 is 4.79 Å². The fourth-order valence-electron chi connectivity index (χ4n) is 2.36. The molecule has 2 heterocycles. The number of fused-ring (bicyclic) bond motifs is 1. The van der Waals surface area contributed by atoms with Crippen molar-refractivity contribution in [3.05, 3.63) is 45.6 Å². The molecule has 0 saturated carbocycles. The van der Waals surface area contributed by atoms with E-state index in [4.69, 9.17) is 11.6 Å². The molecular weight excluding hydrogens is 397 g/mol. The van der Waals surface area contributed by atoms with E-state index in [1.54, 1.807) is 4.90 Å². The molecule has 0 saturated heterocycles. The van der Waals surface area contributed by atoms with Gasteiger partial charge in [-0.2, -0.15) is 0 Å². The van der Waals surface area contributed by atoms with Gasteiger partial charge in [0.05, 0.1) is 15.1 Å². The van der Waals surface area contributed by atoms with Crippen LogP contribution < -0.4 is 4.90 Å². The molecule has 0 bridgehead atoms. The summed E-state index contributed by atoms with van der Waals surface area (Å²) in [5.74, 6) is 0.00825. The van der Waals surface area contributed by atoms with Gasteiger partial charge in [-0.05, 0) is 56.7 Å². The molecule has 0 atom stereocenters. The van der Waals surface area contributed by atoms with Crippen molar-refractivity contribution >= 4 is 67.9 Å². The van der Waals surface area contributed by atoms with Crippen molar-refractivity contribution in [2.45, 2.75) is 6.42 Å². The molecule has 0 N–H and O–H groups in total. The molecule has 134 valence electrons. The highest BCUT2D eigenvalue weighted by Gasteiger charge is 2.21. The maximum Gasteiger partial charge on any atom is 0.270 e. The summed E-state index contributed by atoms with van der Waals surface area (Å²) in [5.41, 5.74) is 0.871. The van der Waals surface area contributed by atoms with Crippen LogP contribution in [0.3, 0.4) is 0 Å². The molecule has 0 spiro atoms. The van der Waals surface area contributed by atoms with Crippen molar-refractivity contribution in [2.75, 3.05) is 32.1 Å². The second-order valence-electron chi connectivity index (χ2n) is 5.70. The molecule has 8 heteroatoms. The molecule has 25 heavy (non-hydrogen) atoms. The maximum absolute atomic E-state index is 12.9. The highest BCUT2D eigenvalue weighted by atomic mass is 35.5. The smallest absolute Gasteiger partial charge is 0.270 e. The van der Waals surface area contributed by atoms with Gasteiger partial charge in [0.1, 0.15) is 0 Å². The number of amides is 1. The Balaban J connectivity index is 0.00000225. The van der Waals surface area contributed by atoms with Crippen LogP contribution in [0.4, 0.5) is 5.13 Å². The van der Waals surface area contributed by atoms with Crippen LogP contribution in [-0.2, 0) is 0 Å². The highest BCUT2D eigenvalue weighted by molar-refractivity contribution is 7.22. The molecule has 1 aromatic carbocycles. The Bertz CT molecular complexity index is 834. The second-order valence-corrected chi connectivity index (χ2v) is 8.09. The Labute approximate surface area is 166 Å². The van der Waals surface area contributed by atoms with Gasteiger partial charge in [-0.15, -0.1) is 23.7 Å². The Morgan fingerprint density at radius 3 is 2.72 bits per heavy atom. The Hall–Kier alpha value is -1.18. The number of hydrogen-bond acceptors (Lipinski definition) is 5.